The summed E-state index contributed by atoms with van der Waals surface area (Å²) in [5.74, 6) is 4.37. The Bertz CT molecular complexity index is 449. The molecule has 26 heavy (non-hydrogen) atoms. The number of nitrogens with two attached hydrogens (primary N) is 1. The molecule has 0 aromatic carbocycles. The average molecular weight is 391 g/mol. The van der Waals surface area contributed by atoms with Crippen LogP contribution in [0.3, 0.4) is 0 Å². The van der Waals surface area contributed by atoms with Gasteiger partial charge in [0.05, 0.1) is 17.2 Å². The zero-order chi connectivity index (χ0) is 20.8. The van der Waals surface area contributed by atoms with E-state index in [9.17, 15) is 0 Å². The summed E-state index contributed by atoms with van der Waals surface area (Å²) in [7, 11) is 0. The molecule has 0 aliphatic rings. The van der Waals surface area contributed by atoms with Gasteiger partial charge in [0.2, 0.25) is 0 Å². The van der Waals surface area contributed by atoms with Gasteiger partial charge in [-0.2, -0.15) is 0 Å². The Hall–Kier alpha value is -0.630. The molecule has 6 nitrogen and oxygen atoms in total. The Morgan fingerprint density at radius 2 is 1.81 bits per heavy atom. The van der Waals surface area contributed by atoms with Crippen LogP contribution in [-0.4, -0.2) is 37.7 Å². The predicted octanol–water partition coefficient (Wildman–Crippen LogP) is 4.90. The lowest BCUT2D eigenvalue weighted by atomic mass is 9.78. The van der Waals surface area contributed by atoms with E-state index in [1.165, 1.54) is 0 Å². The van der Waals surface area contributed by atoms with Crippen LogP contribution in [0.15, 0.2) is 6.20 Å². The first kappa shape index (κ1) is 27.6. The molecule has 1 aromatic heterocycles. The van der Waals surface area contributed by atoms with Gasteiger partial charge in [0.1, 0.15) is 0 Å². The van der Waals surface area contributed by atoms with E-state index in [1.54, 1.807) is 0 Å². The van der Waals surface area contributed by atoms with Crippen molar-refractivity contribution in [3.63, 3.8) is 0 Å². The van der Waals surface area contributed by atoms with E-state index in [1.807, 2.05) is 30.3 Å². The van der Waals surface area contributed by atoms with E-state index >= 15 is 0 Å². The second kappa shape index (κ2) is 14.4. The fourth-order valence-electron chi connectivity index (χ4n) is 2.84. The third-order valence-electron chi connectivity index (χ3n) is 3.39. The molecule has 0 unspecified atom stereocenters. The molecule has 1 aromatic rings. The monoisotopic (exact) mass is 390 g/mol. The molecule has 0 spiro atoms. The molecule has 0 aliphatic heterocycles. The van der Waals surface area contributed by atoms with Crippen LogP contribution in [0, 0.1) is 5.41 Å². The summed E-state index contributed by atoms with van der Waals surface area (Å²) in [4.78, 5) is 0. The maximum Gasteiger partial charge on any atom is 0.0883 e. The number of hydrogen-bond acceptors (Lipinski definition) is 6. The molecule has 7 heteroatoms. The van der Waals surface area contributed by atoms with Gasteiger partial charge in [-0.3, -0.25) is 0 Å². The highest BCUT2D eigenvalue weighted by atomic mass is 32.2. The minimum Gasteiger partial charge on any atom is -0.376 e. The van der Waals surface area contributed by atoms with Crippen molar-refractivity contribution in [2.75, 3.05) is 6.61 Å². The quantitative estimate of drug-likeness (QED) is 0.552. The number of ether oxygens (including phenoxy) is 1. The van der Waals surface area contributed by atoms with Crippen LogP contribution in [0.5, 0.6) is 0 Å². The van der Waals surface area contributed by atoms with E-state index in [0.29, 0.717) is 5.25 Å². The lowest BCUT2D eigenvalue weighted by Crippen LogP contribution is -2.33. The van der Waals surface area contributed by atoms with Gasteiger partial charge in [0.15, 0.2) is 0 Å². The molecular weight excluding hydrogens is 348 g/mol. The zero-order valence-electron chi connectivity index (χ0n) is 18.4. The van der Waals surface area contributed by atoms with Gasteiger partial charge in [-0.05, 0) is 38.5 Å². The Morgan fingerprint density at radius 1 is 1.23 bits per heavy atom. The second-order valence-corrected chi connectivity index (χ2v) is 9.25. The predicted molar refractivity (Wildman–Crippen MR) is 112 cm³/mol. The minimum absolute atomic E-state index is 0.0942. The summed E-state index contributed by atoms with van der Waals surface area (Å²) in [6.45, 7) is 20.3. The molecule has 3 N–H and O–H groups in total. The molecule has 0 bridgehead atoms. The Morgan fingerprint density at radius 3 is 2.31 bits per heavy atom. The number of hydrogen-bond donors (Lipinski definition) is 2. The van der Waals surface area contributed by atoms with E-state index in [4.69, 9.17) is 9.94 Å². The second-order valence-electron chi connectivity index (χ2n) is 7.72. The average Bonchev–Trinajstić information content (AvgIpc) is 3.00. The Balaban J connectivity index is 0. The van der Waals surface area contributed by atoms with Crippen LogP contribution in [0.25, 0.3) is 0 Å². The maximum absolute atomic E-state index is 6.50. The first-order valence-electron chi connectivity index (χ1n) is 9.54. The SMILES string of the molecule is CC.CCCOC(C)(C)CC(C)(C)Cc1cn(CSC(C)C)nn1.NO. The van der Waals surface area contributed by atoms with Crippen molar-refractivity contribution < 1.29 is 9.94 Å². The van der Waals surface area contributed by atoms with Gasteiger partial charge in [-0.1, -0.05) is 53.7 Å². The zero-order valence-corrected chi connectivity index (χ0v) is 19.2. The van der Waals surface area contributed by atoms with Crippen LogP contribution in [0.4, 0.5) is 0 Å². The van der Waals surface area contributed by atoms with Crippen molar-refractivity contribution in [3.8, 4) is 0 Å². The Kier molecular flexibility index (Phi) is 15.3. The van der Waals surface area contributed by atoms with Gasteiger partial charge in [0.25, 0.3) is 0 Å². The van der Waals surface area contributed by atoms with Crippen LogP contribution in [-0.2, 0) is 17.0 Å². The molecule has 0 saturated heterocycles. The van der Waals surface area contributed by atoms with Crippen molar-refractivity contribution in [1.29, 1.82) is 0 Å². The van der Waals surface area contributed by atoms with Crippen LogP contribution < -0.4 is 5.90 Å². The third-order valence-corrected chi connectivity index (χ3v) is 4.47. The summed E-state index contributed by atoms with van der Waals surface area (Å²) in [5.41, 5.74) is 1.12. The van der Waals surface area contributed by atoms with Gasteiger partial charge >= 0.3 is 0 Å². The standard InChI is InChI=1S/C17H33N3OS.C2H6.H3NO/c1-8-9-21-17(6,7)12-16(4,5)10-15-11-20(19-18-15)13-22-14(2)3;2*1-2/h11,14H,8-10,12-13H2,1-7H3;1-2H3;2H,1H2. The number of rotatable bonds is 10. The van der Waals surface area contributed by atoms with Gasteiger partial charge in [0, 0.05) is 18.1 Å². The topological polar surface area (TPSA) is 86.2 Å². The molecule has 1 heterocycles. The summed E-state index contributed by atoms with van der Waals surface area (Å²) in [6.07, 6.45) is 5.08. The van der Waals surface area contributed by atoms with Gasteiger partial charge in [-0.25, -0.2) is 10.6 Å². The fraction of sp³-hybridized carbons (Fsp3) is 0.895. The summed E-state index contributed by atoms with van der Waals surface area (Å²) in [5, 5.41) is 15.7. The molecular formula is C19H42N4O2S. The van der Waals surface area contributed by atoms with Crippen LogP contribution >= 0.6 is 11.8 Å². The van der Waals surface area contributed by atoms with Crippen molar-refractivity contribution >= 4 is 11.8 Å². The molecule has 1 rings (SSSR count). The summed E-state index contributed by atoms with van der Waals surface area (Å²) < 4.78 is 7.92. The largest absolute Gasteiger partial charge is 0.376 e. The number of nitrogens with zero attached hydrogens (tertiary/aromatic N) is 3. The van der Waals surface area contributed by atoms with Crippen molar-refractivity contribution in [2.24, 2.45) is 11.3 Å². The number of aromatic nitrogens is 3. The summed E-state index contributed by atoms with van der Waals surface area (Å²) in [6, 6.07) is 0. The molecule has 0 fully saturated rings. The normalized spacial score (nSPS) is 11.5. The van der Waals surface area contributed by atoms with Crippen molar-refractivity contribution in [3.05, 3.63) is 11.9 Å². The third kappa shape index (κ3) is 13.6. The molecule has 0 atom stereocenters. The van der Waals surface area contributed by atoms with Crippen molar-refractivity contribution in [1.82, 2.24) is 15.0 Å². The van der Waals surface area contributed by atoms with Crippen molar-refractivity contribution in [2.45, 2.75) is 98.3 Å². The Labute approximate surface area is 165 Å². The molecule has 0 aliphatic carbocycles. The maximum atomic E-state index is 6.50. The first-order valence-corrected chi connectivity index (χ1v) is 10.6. The van der Waals surface area contributed by atoms with E-state index in [0.717, 1.165) is 37.4 Å². The highest BCUT2D eigenvalue weighted by Gasteiger charge is 2.30. The minimum atomic E-state index is -0.0942. The number of thioether (sulfide) groups is 1. The first-order chi connectivity index (χ1) is 12.1. The highest BCUT2D eigenvalue weighted by molar-refractivity contribution is 7.98. The molecule has 0 radical (unpaired) electrons. The van der Waals surface area contributed by atoms with Gasteiger partial charge < -0.3 is 9.94 Å². The highest BCUT2D eigenvalue weighted by Crippen LogP contribution is 2.33. The van der Waals surface area contributed by atoms with E-state index < -0.39 is 0 Å². The van der Waals surface area contributed by atoms with E-state index in [2.05, 4.69) is 70.9 Å². The molecule has 0 saturated carbocycles. The fourth-order valence-corrected chi connectivity index (χ4v) is 3.42. The van der Waals surface area contributed by atoms with E-state index in [-0.39, 0.29) is 11.0 Å². The van der Waals surface area contributed by atoms with Gasteiger partial charge in [-0.15, -0.1) is 16.9 Å². The summed E-state index contributed by atoms with van der Waals surface area (Å²) >= 11 is 1.88. The molecule has 156 valence electrons. The lowest BCUT2D eigenvalue weighted by Gasteiger charge is -2.34. The van der Waals surface area contributed by atoms with Crippen LogP contribution in [0.2, 0.25) is 0 Å². The van der Waals surface area contributed by atoms with Crippen LogP contribution in [0.1, 0.15) is 80.8 Å². The molecule has 0 amide bonds. The smallest absolute Gasteiger partial charge is 0.0883 e. The lowest BCUT2D eigenvalue weighted by molar-refractivity contribution is -0.0455.